The fourth-order valence-corrected chi connectivity index (χ4v) is 4.38. The van der Waals surface area contributed by atoms with Crippen LogP contribution >= 0.6 is 0 Å². The molecule has 1 nitrogen and oxygen atoms in total. The summed E-state index contributed by atoms with van der Waals surface area (Å²) >= 11 is 0. The Morgan fingerprint density at radius 1 is 0.478 bits per heavy atom. The minimum atomic E-state index is -0.272. The molecule has 0 radical (unpaired) electrons. The first-order valence-corrected chi connectivity index (χ1v) is 13.9. The van der Waals surface area contributed by atoms with Gasteiger partial charge in [0.1, 0.15) is 0 Å². The highest BCUT2D eigenvalue weighted by Gasteiger charge is 1.96. The summed E-state index contributed by atoms with van der Waals surface area (Å²) in [6.07, 6.45) is 23.2. The third-order valence-corrected chi connectivity index (χ3v) is 6.44. The Morgan fingerprint density at radius 2 is 0.783 bits per heavy atom. The lowest BCUT2D eigenvalue weighted by molar-refractivity contribution is 0.192. The molecule has 0 aromatic carbocycles. The number of methoxy groups -OCH3 is 1. The Bertz CT molecular complexity index is 206. The molecule has 0 saturated heterocycles. The smallest absolute Gasteiger partial charge is 0.0462 e. The zero-order valence-corrected chi connectivity index (χ0v) is 17.9. The molecule has 0 atom stereocenters. The number of hydrogen-bond acceptors (Lipinski definition) is 1. The van der Waals surface area contributed by atoms with Crippen molar-refractivity contribution in [1.82, 2.24) is 0 Å². The standard InChI is InChI=1S/C21H46OSi/c1-22-20-18-16-14-12-10-8-6-4-5-7-9-11-13-15-17-19-21-23(2)3/h23H,4-21H2,1-3H3. The summed E-state index contributed by atoms with van der Waals surface area (Å²) < 4.78 is 5.08. The van der Waals surface area contributed by atoms with Gasteiger partial charge in [-0.25, -0.2) is 0 Å². The van der Waals surface area contributed by atoms with Crippen molar-refractivity contribution < 1.29 is 4.74 Å². The molecule has 0 heterocycles. The summed E-state index contributed by atoms with van der Waals surface area (Å²) in [6, 6.07) is 1.56. The SMILES string of the molecule is COCCCCCCCCCCCCCCCCCC[SiH](C)C. The van der Waals surface area contributed by atoms with E-state index in [0.29, 0.717) is 0 Å². The van der Waals surface area contributed by atoms with E-state index >= 15 is 0 Å². The van der Waals surface area contributed by atoms with Crippen molar-refractivity contribution in [1.29, 1.82) is 0 Å². The predicted octanol–water partition coefficient (Wildman–Crippen LogP) is 7.36. The van der Waals surface area contributed by atoms with E-state index in [2.05, 4.69) is 13.1 Å². The maximum Gasteiger partial charge on any atom is 0.0462 e. The van der Waals surface area contributed by atoms with Gasteiger partial charge in [-0.15, -0.1) is 0 Å². The van der Waals surface area contributed by atoms with Crippen LogP contribution in [0, 0.1) is 0 Å². The van der Waals surface area contributed by atoms with Gasteiger partial charge in [0.05, 0.1) is 0 Å². The van der Waals surface area contributed by atoms with Gasteiger partial charge < -0.3 is 4.74 Å². The summed E-state index contributed by atoms with van der Waals surface area (Å²) in [5.74, 6) is 0. The third kappa shape index (κ3) is 22.2. The molecule has 0 N–H and O–H groups in total. The van der Waals surface area contributed by atoms with Gasteiger partial charge in [0.15, 0.2) is 0 Å². The van der Waals surface area contributed by atoms with E-state index in [1.54, 1.807) is 13.2 Å². The van der Waals surface area contributed by atoms with Crippen LogP contribution in [-0.4, -0.2) is 22.5 Å². The van der Waals surface area contributed by atoms with Gasteiger partial charge in [0, 0.05) is 22.5 Å². The molecule has 2 heteroatoms. The summed E-state index contributed by atoms with van der Waals surface area (Å²) in [7, 11) is 1.53. The Balaban J connectivity index is 2.95. The molecule has 0 spiro atoms. The molecule has 140 valence electrons. The molecule has 0 aromatic heterocycles. The van der Waals surface area contributed by atoms with E-state index in [0.717, 1.165) is 6.61 Å². The molecule has 23 heavy (non-hydrogen) atoms. The zero-order valence-electron chi connectivity index (χ0n) is 16.7. The normalized spacial score (nSPS) is 11.5. The first kappa shape index (κ1) is 23.2. The fourth-order valence-electron chi connectivity index (χ4n) is 3.27. The molecule has 0 saturated carbocycles. The lowest BCUT2D eigenvalue weighted by Crippen LogP contribution is -1.97. The molecule has 0 amide bonds. The van der Waals surface area contributed by atoms with Crippen molar-refractivity contribution >= 4 is 8.80 Å². The highest BCUT2D eigenvalue weighted by molar-refractivity contribution is 6.55. The van der Waals surface area contributed by atoms with Crippen LogP contribution in [-0.2, 0) is 4.74 Å². The van der Waals surface area contributed by atoms with Crippen molar-refractivity contribution in [2.24, 2.45) is 0 Å². The highest BCUT2D eigenvalue weighted by atomic mass is 28.3. The summed E-state index contributed by atoms with van der Waals surface area (Å²) in [5.41, 5.74) is 0. The molecule has 0 rings (SSSR count). The van der Waals surface area contributed by atoms with Crippen molar-refractivity contribution in [3.8, 4) is 0 Å². The van der Waals surface area contributed by atoms with Gasteiger partial charge >= 0.3 is 0 Å². The van der Waals surface area contributed by atoms with E-state index in [1.165, 1.54) is 103 Å². The molecule has 0 unspecified atom stereocenters. The average Bonchev–Trinajstić information content (AvgIpc) is 2.53. The monoisotopic (exact) mass is 342 g/mol. The minimum Gasteiger partial charge on any atom is -0.385 e. The van der Waals surface area contributed by atoms with Gasteiger partial charge in [0.2, 0.25) is 0 Å². The number of ether oxygens (including phenoxy) is 1. The fraction of sp³-hybridized carbons (Fsp3) is 1.00. The molecule has 0 bridgehead atoms. The molecule has 0 fully saturated rings. The van der Waals surface area contributed by atoms with Crippen LogP contribution in [0.5, 0.6) is 0 Å². The van der Waals surface area contributed by atoms with Gasteiger partial charge in [-0.3, -0.25) is 0 Å². The Kier molecular flexibility index (Phi) is 20.4. The van der Waals surface area contributed by atoms with E-state index in [9.17, 15) is 0 Å². The van der Waals surface area contributed by atoms with Gasteiger partial charge in [-0.2, -0.15) is 0 Å². The average molecular weight is 343 g/mol. The van der Waals surface area contributed by atoms with Crippen LogP contribution in [0.25, 0.3) is 0 Å². The second-order valence-corrected chi connectivity index (χ2v) is 11.2. The van der Waals surface area contributed by atoms with Crippen molar-refractivity contribution in [2.45, 2.75) is 122 Å². The maximum absolute atomic E-state index is 5.08. The lowest BCUT2D eigenvalue weighted by Gasteiger charge is -2.04. The Labute approximate surface area is 149 Å². The minimum absolute atomic E-state index is 0.272. The summed E-state index contributed by atoms with van der Waals surface area (Å²) in [5, 5.41) is 0. The first-order valence-electron chi connectivity index (χ1n) is 10.8. The van der Waals surface area contributed by atoms with Gasteiger partial charge in [-0.05, 0) is 6.42 Å². The lowest BCUT2D eigenvalue weighted by atomic mass is 10.0. The molecular formula is C21H46OSi. The number of rotatable bonds is 19. The second-order valence-electron chi connectivity index (χ2n) is 7.83. The molecule has 0 aliphatic rings. The van der Waals surface area contributed by atoms with Crippen LogP contribution in [0.1, 0.15) is 103 Å². The van der Waals surface area contributed by atoms with Crippen LogP contribution < -0.4 is 0 Å². The van der Waals surface area contributed by atoms with E-state index in [4.69, 9.17) is 4.74 Å². The molecule has 0 aliphatic carbocycles. The number of unbranched alkanes of at least 4 members (excludes halogenated alkanes) is 15. The summed E-state index contributed by atoms with van der Waals surface area (Å²) in [4.78, 5) is 0. The molecule has 0 aliphatic heterocycles. The van der Waals surface area contributed by atoms with Gasteiger partial charge in [-0.1, -0.05) is 115 Å². The topological polar surface area (TPSA) is 9.23 Å². The van der Waals surface area contributed by atoms with Crippen LogP contribution in [0.3, 0.4) is 0 Å². The van der Waals surface area contributed by atoms with E-state index < -0.39 is 0 Å². The Hall–Kier alpha value is 0.177. The van der Waals surface area contributed by atoms with E-state index in [1.807, 2.05) is 0 Å². The Morgan fingerprint density at radius 3 is 1.09 bits per heavy atom. The van der Waals surface area contributed by atoms with Gasteiger partial charge in [0.25, 0.3) is 0 Å². The zero-order chi connectivity index (χ0) is 17.0. The van der Waals surface area contributed by atoms with Crippen molar-refractivity contribution in [2.75, 3.05) is 13.7 Å². The molecule has 0 aromatic rings. The third-order valence-electron chi connectivity index (χ3n) is 4.88. The maximum atomic E-state index is 5.08. The van der Waals surface area contributed by atoms with Crippen molar-refractivity contribution in [3.05, 3.63) is 0 Å². The second kappa shape index (κ2) is 20.2. The first-order chi connectivity index (χ1) is 11.3. The highest BCUT2D eigenvalue weighted by Crippen LogP contribution is 2.14. The predicted molar refractivity (Wildman–Crippen MR) is 109 cm³/mol. The van der Waals surface area contributed by atoms with Crippen LogP contribution in [0.15, 0.2) is 0 Å². The summed E-state index contributed by atoms with van der Waals surface area (Å²) in [6.45, 7) is 5.89. The molecular weight excluding hydrogens is 296 g/mol. The van der Waals surface area contributed by atoms with Crippen LogP contribution in [0.2, 0.25) is 19.1 Å². The van der Waals surface area contributed by atoms with Crippen LogP contribution in [0.4, 0.5) is 0 Å². The van der Waals surface area contributed by atoms with E-state index in [-0.39, 0.29) is 8.80 Å². The quantitative estimate of drug-likeness (QED) is 0.176. The number of hydrogen-bond donors (Lipinski definition) is 0. The van der Waals surface area contributed by atoms with Crippen molar-refractivity contribution in [3.63, 3.8) is 0 Å². The largest absolute Gasteiger partial charge is 0.385 e.